The molecule has 10 heteroatoms. The van der Waals surface area contributed by atoms with Crippen LogP contribution in [-0.4, -0.2) is 28.2 Å². The second-order valence-electron chi connectivity index (χ2n) is 5.72. The zero-order chi connectivity index (χ0) is 19.7. The molecule has 0 radical (unpaired) electrons. The van der Waals surface area contributed by atoms with E-state index in [1.165, 1.54) is 16.7 Å². The molecule has 0 saturated carbocycles. The predicted molar refractivity (Wildman–Crippen MR) is 91.3 cm³/mol. The van der Waals surface area contributed by atoms with Crippen molar-refractivity contribution in [2.24, 2.45) is 0 Å². The lowest BCUT2D eigenvalue weighted by atomic mass is 10.1. The highest BCUT2D eigenvalue weighted by molar-refractivity contribution is 7.90. The standard InChI is InChI=1S/C17H15F3N4O2S/c1-2-24-15(14-8-3-4-9-21-14)22-23-16(24)27(25,26)11-12-6-5-7-13(10-12)17(18,19)20/h3-10H,2,11H2,1H3. The third-order valence-electron chi connectivity index (χ3n) is 3.82. The second-order valence-corrected chi connectivity index (χ2v) is 7.61. The number of alkyl halides is 3. The summed E-state index contributed by atoms with van der Waals surface area (Å²) in [6.45, 7) is 1.98. The third kappa shape index (κ3) is 4.00. The smallest absolute Gasteiger partial charge is 0.297 e. The lowest BCUT2D eigenvalue weighted by Crippen LogP contribution is -2.14. The minimum Gasteiger partial charge on any atom is -0.297 e. The molecule has 0 aliphatic rings. The molecular formula is C17H15F3N4O2S. The molecule has 3 rings (SSSR count). The minimum atomic E-state index is -4.55. The molecule has 0 N–H and O–H groups in total. The van der Waals surface area contributed by atoms with Crippen molar-refractivity contribution < 1.29 is 21.6 Å². The number of nitrogens with zero attached hydrogens (tertiary/aromatic N) is 4. The summed E-state index contributed by atoms with van der Waals surface area (Å²) in [6.07, 6.45) is -3.00. The van der Waals surface area contributed by atoms with Crippen molar-refractivity contribution in [3.63, 3.8) is 0 Å². The zero-order valence-corrected chi connectivity index (χ0v) is 15.0. The second kappa shape index (κ2) is 7.10. The largest absolute Gasteiger partial charge is 0.416 e. The molecule has 6 nitrogen and oxygen atoms in total. The molecule has 2 heterocycles. The van der Waals surface area contributed by atoms with Crippen molar-refractivity contribution >= 4 is 9.84 Å². The van der Waals surface area contributed by atoms with Crippen LogP contribution in [0.2, 0.25) is 0 Å². The number of halogens is 3. The summed E-state index contributed by atoms with van der Waals surface area (Å²) in [6, 6.07) is 9.33. The van der Waals surface area contributed by atoms with Crippen molar-refractivity contribution in [1.82, 2.24) is 19.7 Å². The van der Waals surface area contributed by atoms with Gasteiger partial charge in [-0.25, -0.2) is 8.42 Å². The normalized spacial score (nSPS) is 12.3. The van der Waals surface area contributed by atoms with E-state index in [0.29, 0.717) is 5.69 Å². The average Bonchev–Trinajstić information content (AvgIpc) is 3.06. The highest BCUT2D eigenvalue weighted by Gasteiger charge is 2.31. The Labute approximate surface area is 153 Å². The van der Waals surface area contributed by atoms with Crippen LogP contribution in [-0.2, 0) is 28.3 Å². The van der Waals surface area contributed by atoms with Crippen LogP contribution >= 0.6 is 0 Å². The molecule has 0 fully saturated rings. The Morgan fingerprint density at radius 2 is 1.85 bits per heavy atom. The van der Waals surface area contributed by atoms with Crippen molar-refractivity contribution in [2.75, 3.05) is 0 Å². The average molecular weight is 396 g/mol. The summed E-state index contributed by atoms with van der Waals surface area (Å²) in [5, 5.41) is 7.38. The van der Waals surface area contributed by atoms with Crippen molar-refractivity contribution in [1.29, 1.82) is 0 Å². The lowest BCUT2D eigenvalue weighted by molar-refractivity contribution is -0.137. The Kier molecular flexibility index (Phi) is 5.01. The number of hydrogen-bond donors (Lipinski definition) is 0. The van der Waals surface area contributed by atoms with Crippen molar-refractivity contribution in [3.8, 4) is 11.5 Å². The minimum absolute atomic E-state index is 0.0230. The Morgan fingerprint density at radius 3 is 2.48 bits per heavy atom. The van der Waals surface area contributed by atoms with Gasteiger partial charge in [-0.2, -0.15) is 13.2 Å². The number of benzene rings is 1. The van der Waals surface area contributed by atoms with Crippen molar-refractivity contribution in [2.45, 2.75) is 30.6 Å². The van der Waals surface area contributed by atoms with Crippen LogP contribution in [0.5, 0.6) is 0 Å². The number of pyridine rings is 1. The van der Waals surface area contributed by atoms with Gasteiger partial charge in [-0.15, -0.1) is 10.2 Å². The maximum atomic E-state index is 12.9. The van der Waals surface area contributed by atoms with Gasteiger partial charge in [0.05, 0.1) is 11.3 Å². The topological polar surface area (TPSA) is 77.7 Å². The first kappa shape index (κ1) is 19.0. The molecule has 0 amide bonds. The van der Waals surface area contributed by atoms with E-state index in [1.807, 2.05) is 0 Å². The van der Waals surface area contributed by atoms with Crippen LogP contribution in [0.4, 0.5) is 13.2 Å². The summed E-state index contributed by atoms with van der Waals surface area (Å²) in [4.78, 5) is 4.13. The van der Waals surface area contributed by atoms with E-state index in [1.54, 1.807) is 31.3 Å². The summed E-state index contributed by atoms with van der Waals surface area (Å²) in [5.41, 5.74) is -0.427. The summed E-state index contributed by atoms with van der Waals surface area (Å²) >= 11 is 0. The van der Waals surface area contributed by atoms with Gasteiger partial charge in [0.25, 0.3) is 0 Å². The molecule has 142 valence electrons. The number of aromatic nitrogens is 4. The first-order chi connectivity index (χ1) is 12.7. The van der Waals surface area contributed by atoms with Crippen LogP contribution in [0.25, 0.3) is 11.5 Å². The fourth-order valence-electron chi connectivity index (χ4n) is 2.61. The van der Waals surface area contributed by atoms with E-state index in [9.17, 15) is 21.6 Å². The summed E-state index contributed by atoms with van der Waals surface area (Å²) in [7, 11) is -4.01. The molecule has 2 aromatic heterocycles. The Balaban J connectivity index is 1.98. The van der Waals surface area contributed by atoms with Gasteiger partial charge >= 0.3 is 6.18 Å². The van der Waals surface area contributed by atoms with E-state index in [2.05, 4.69) is 15.2 Å². The van der Waals surface area contributed by atoms with E-state index < -0.39 is 27.3 Å². The van der Waals surface area contributed by atoms with Crippen LogP contribution < -0.4 is 0 Å². The van der Waals surface area contributed by atoms with Gasteiger partial charge in [0.15, 0.2) is 5.82 Å². The van der Waals surface area contributed by atoms with Crippen molar-refractivity contribution in [3.05, 3.63) is 59.8 Å². The monoisotopic (exact) mass is 396 g/mol. The molecule has 0 saturated heterocycles. The number of rotatable bonds is 5. The van der Waals surface area contributed by atoms with Gasteiger partial charge < -0.3 is 0 Å². The van der Waals surface area contributed by atoms with Crippen LogP contribution in [0, 0.1) is 0 Å². The zero-order valence-electron chi connectivity index (χ0n) is 14.2. The van der Waals surface area contributed by atoms with Gasteiger partial charge in [-0.1, -0.05) is 24.3 Å². The fourth-order valence-corrected chi connectivity index (χ4v) is 4.07. The van der Waals surface area contributed by atoms with Gasteiger partial charge in [0, 0.05) is 12.7 Å². The molecule has 0 bridgehead atoms. The van der Waals surface area contributed by atoms with Gasteiger partial charge in [-0.05, 0) is 30.7 Å². The SMILES string of the molecule is CCn1c(-c2ccccn2)nnc1S(=O)(=O)Cc1cccc(C(F)(F)F)c1. The van der Waals surface area contributed by atoms with Crippen LogP contribution in [0.15, 0.2) is 53.8 Å². The summed E-state index contributed by atoms with van der Waals surface area (Å²) < 4.78 is 65.5. The highest BCUT2D eigenvalue weighted by atomic mass is 32.2. The molecule has 0 aliphatic carbocycles. The highest BCUT2D eigenvalue weighted by Crippen LogP contribution is 2.30. The van der Waals surface area contributed by atoms with Gasteiger partial charge in [-0.3, -0.25) is 9.55 Å². The van der Waals surface area contributed by atoms with Crippen LogP contribution in [0.1, 0.15) is 18.1 Å². The molecule has 0 aliphatic heterocycles. The number of sulfone groups is 1. The fraction of sp³-hybridized carbons (Fsp3) is 0.235. The third-order valence-corrected chi connectivity index (χ3v) is 5.39. The van der Waals surface area contributed by atoms with Crippen LogP contribution in [0.3, 0.4) is 0 Å². The lowest BCUT2D eigenvalue weighted by Gasteiger charge is -2.10. The van der Waals surface area contributed by atoms with E-state index in [-0.39, 0.29) is 23.1 Å². The molecule has 0 spiro atoms. The Hall–Kier alpha value is -2.75. The maximum absolute atomic E-state index is 12.9. The summed E-state index contributed by atoms with van der Waals surface area (Å²) in [5.74, 6) is -0.335. The first-order valence-electron chi connectivity index (χ1n) is 7.96. The quantitative estimate of drug-likeness (QED) is 0.661. The number of hydrogen-bond acceptors (Lipinski definition) is 5. The molecule has 27 heavy (non-hydrogen) atoms. The molecule has 0 unspecified atom stereocenters. The molecule has 1 aromatic carbocycles. The Morgan fingerprint density at radius 1 is 1.07 bits per heavy atom. The molecule has 3 aromatic rings. The molecule has 0 atom stereocenters. The van der Waals surface area contributed by atoms with E-state index in [4.69, 9.17) is 0 Å². The predicted octanol–water partition coefficient (Wildman–Crippen LogP) is 3.35. The maximum Gasteiger partial charge on any atom is 0.416 e. The van der Waals surface area contributed by atoms with E-state index >= 15 is 0 Å². The Bertz CT molecular complexity index is 1050. The van der Waals surface area contributed by atoms with E-state index in [0.717, 1.165) is 12.1 Å². The first-order valence-corrected chi connectivity index (χ1v) is 9.61. The molecular weight excluding hydrogens is 381 g/mol. The van der Waals surface area contributed by atoms with Gasteiger partial charge in [0.1, 0.15) is 5.69 Å². The van der Waals surface area contributed by atoms with Gasteiger partial charge in [0.2, 0.25) is 15.0 Å².